The number of carbonyl (C=O) groups is 2. The quantitative estimate of drug-likeness (QED) is 0.893. The molecule has 2 aliphatic rings. The summed E-state index contributed by atoms with van der Waals surface area (Å²) in [5.74, 6) is 1.58. The largest absolute Gasteiger partial charge is 0.338 e. The highest BCUT2D eigenvalue weighted by molar-refractivity contribution is 8.39. The third-order valence-corrected chi connectivity index (χ3v) is 6.06. The van der Waals surface area contributed by atoms with Gasteiger partial charge in [-0.1, -0.05) is 41.7 Å². The molecule has 3 amide bonds. The normalized spacial score (nSPS) is 17.6. The molecular weight excluding hydrogens is 344 g/mol. The predicted molar refractivity (Wildman–Crippen MR) is 101 cm³/mol. The lowest BCUT2D eigenvalue weighted by Crippen LogP contribution is -2.52. The molecule has 2 heterocycles. The molecule has 0 aliphatic carbocycles. The summed E-state index contributed by atoms with van der Waals surface area (Å²) in [5, 5.41) is 2.88. The van der Waals surface area contributed by atoms with E-state index in [1.807, 2.05) is 35.2 Å². The number of nitrogens with zero attached hydrogens (tertiary/aromatic N) is 3. The lowest BCUT2D eigenvalue weighted by atomic mass is 10.3. The van der Waals surface area contributed by atoms with Crippen LogP contribution in [0.2, 0.25) is 0 Å². The topological polar surface area (TPSA) is 65.0 Å². The molecule has 0 unspecified atom stereocenters. The number of carbonyl (C=O) groups excluding carboxylic acids is 2. The Morgan fingerprint density at radius 3 is 2.50 bits per heavy atom. The fourth-order valence-corrected chi connectivity index (χ4v) is 4.41. The van der Waals surface area contributed by atoms with E-state index < -0.39 is 0 Å². The van der Waals surface area contributed by atoms with Gasteiger partial charge in [0.25, 0.3) is 0 Å². The minimum absolute atomic E-state index is 0.112. The van der Waals surface area contributed by atoms with Gasteiger partial charge in [0.05, 0.1) is 12.3 Å². The molecule has 0 atom stereocenters. The number of urea groups is 1. The van der Waals surface area contributed by atoms with Crippen LogP contribution in [0.4, 0.5) is 10.5 Å². The summed E-state index contributed by atoms with van der Waals surface area (Å²) in [6.07, 6.45) is 0. The van der Waals surface area contributed by atoms with Gasteiger partial charge in [0.1, 0.15) is 4.38 Å². The van der Waals surface area contributed by atoms with Crippen LogP contribution >= 0.6 is 23.5 Å². The number of hydrogen-bond acceptors (Lipinski definition) is 5. The first-order valence-corrected chi connectivity index (χ1v) is 9.88. The minimum atomic E-state index is -0.112. The Labute approximate surface area is 150 Å². The highest BCUT2D eigenvalue weighted by atomic mass is 32.2. The van der Waals surface area contributed by atoms with Crippen molar-refractivity contribution in [1.82, 2.24) is 9.80 Å². The predicted octanol–water partition coefficient (Wildman–Crippen LogP) is 2.20. The van der Waals surface area contributed by atoms with E-state index in [1.54, 1.807) is 16.7 Å². The minimum Gasteiger partial charge on any atom is -0.338 e. The highest BCUT2D eigenvalue weighted by Crippen LogP contribution is 2.22. The number of benzene rings is 1. The van der Waals surface area contributed by atoms with Crippen LogP contribution in [0.25, 0.3) is 0 Å². The van der Waals surface area contributed by atoms with E-state index >= 15 is 0 Å². The Bertz CT molecular complexity index is 616. The highest BCUT2D eigenvalue weighted by Gasteiger charge is 2.24. The van der Waals surface area contributed by atoms with Crippen molar-refractivity contribution in [2.75, 3.05) is 49.5 Å². The van der Waals surface area contributed by atoms with Gasteiger partial charge in [-0.2, -0.15) is 0 Å². The maximum atomic E-state index is 12.2. The Kier molecular flexibility index (Phi) is 6.03. The van der Waals surface area contributed by atoms with E-state index in [0.29, 0.717) is 31.9 Å². The lowest BCUT2D eigenvalue weighted by molar-refractivity contribution is -0.129. The second kappa shape index (κ2) is 8.43. The lowest BCUT2D eigenvalue weighted by Gasteiger charge is -2.34. The van der Waals surface area contributed by atoms with Crippen molar-refractivity contribution < 1.29 is 9.59 Å². The number of hydrogen-bond donors (Lipinski definition) is 1. The van der Waals surface area contributed by atoms with E-state index in [2.05, 4.69) is 10.3 Å². The van der Waals surface area contributed by atoms with Crippen LogP contribution in [0, 0.1) is 0 Å². The molecule has 0 aromatic heterocycles. The van der Waals surface area contributed by atoms with Crippen LogP contribution in [0.1, 0.15) is 0 Å². The molecule has 2 aliphatic heterocycles. The van der Waals surface area contributed by atoms with Crippen molar-refractivity contribution in [3.8, 4) is 0 Å². The zero-order valence-corrected chi connectivity index (χ0v) is 14.9. The van der Waals surface area contributed by atoms with Crippen molar-refractivity contribution in [3.05, 3.63) is 30.3 Å². The second-order valence-electron chi connectivity index (χ2n) is 5.45. The molecule has 1 N–H and O–H groups in total. The number of para-hydroxylation sites is 1. The number of thioether (sulfide) groups is 2. The molecule has 1 aromatic carbocycles. The van der Waals surface area contributed by atoms with E-state index in [4.69, 9.17) is 0 Å². The van der Waals surface area contributed by atoms with Crippen LogP contribution in [-0.2, 0) is 4.79 Å². The first-order valence-electron chi connectivity index (χ1n) is 7.91. The van der Waals surface area contributed by atoms with E-state index in [9.17, 15) is 9.59 Å². The Morgan fingerprint density at radius 1 is 1.12 bits per heavy atom. The zero-order valence-electron chi connectivity index (χ0n) is 13.3. The van der Waals surface area contributed by atoms with Crippen molar-refractivity contribution in [2.45, 2.75) is 0 Å². The molecule has 0 bridgehead atoms. The van der Waals surface area contributed by atoms with Gasteiger partial charge in [-0.3, -0.25) is 9.79 Å². The number of nitrogens with one attached hydrogen (secondary N) is 1. The van der Waals surface area contributed by atoms with Crippen molar-refractivity contribution >= 4 is 45.5 Å². The molecular formula is C16H20N4O2S2. The number of piperazine rings is 1. The fraction of sp³-hybridized carbons (Fsp3) is 0.438. The molecule has 3 rings (SSSR count). The summed E-state index contributed by atoms with van der Waals surface area (Å²) in [6.45, 7) is 3.15. The first-order chi connectivity index (χ1) is 11.7. The molecule has 1 aromatic rings. The number of rotatable bonds is 3. The Balaban J connectivity index is 1.41. The SMILES string of the molecule is O=C(CSC1=NCCS1)N1CCN(C(=O)Nc2ccccc2)CC1. The zero-order chi connectivity index (χ0) is 16.8. The number of aliphatic imine (C=N–C) groups is 1. The molecule has 1 saturated heterocycles. The van der Waals surface area contributed by atoms with Crippen molar-refractivity contribution in [2.24, 2.45) is 4.99 Å². The molecule has 0 saturated carbocycles. The summed E-state index contributed by atoms with van der Waals surface area (Å²) in [4.78, 5) is 32.4. The molecule has 1 fully saturated rings. The van der Waals surface area contributed by atoms with E-state index in [1.165, 1.54) is 11.8 Å². The third-order valence-electron chi connectivity index (χ3n) is 3.82. The Hall–Kier alpha value is -1.67. The van der Waals surface area contributed by atoms with Crippen LogP contribution < -0.4 is 5.32 Å². The van der Waals surface area contributed by atoms with Gasteiger partial charge in [0, 0.05) is 37.6 Å². The van der Waals surface area contributed by atoms with E-state index in [0.717, 1.165) is 22.4 Å². The van der Waals surface area contributed by atoms with Gasteiger partial charge in [0.15, 0.2) is 0 Å². The molecule has 8 heteroatoms. The smallest absolute Gasteiger partial charge is 0.321 e. The van der Waals surface area contributed by atoms with Gasteiger partial charge >= 0.3 is 6.03 Å². The summed E-state index contributed by atoms with van der Waals surface area (Å²) < 4.78 is 1.02. The summed E-state index contributed by atoms with van der Waals surface area (Å²) in [6, 6.07) is 9.29. The van der Waals surface area contributed by atoms with Gasteiger partial charge in [-0.25, -0.2) is 4.79 Å². The van der Waals surface area contributed by atoms with Gasteiger partial charge < -0.3 is 15.1 Å². The molecule has 24 heavy (non-hydrogen) atoms. The van der Waals surface area contributed by atoms with E-state index in [-0.39, 0.29) is 11.9 Å². The van der Waals surface area contributed by atoms with Crippen LogP contribution in [0.15, 0.2) is 35.3 Å². The molecule has 128 valence electrons. The molecule has 6 nitrogen and oxygen atoms in total. The first kappa shape index (κ1) is 17.2. The Morgan fingerprint density at radius 2 is 1.83 bits per heavy atom. The average molecular weight is 364 g/mol. The van der Waals surface area contributed by atoms with Crippen LogP contribution in [0.5, 0.6) is 0 Å². The third kappa shape index (κ3) is 4.67. The van der Waals surface area contributed by atoms with Gasteiger partial charge in [-0.05, 0) is 12.1 Å². The fourth-order valence-electron chi connectivity index (χ4n) is 2.50. The maximum absolute atomic E-state index is 12.2. The average Bonchev–Trinajstić information content (AvgIpc) is 3.14. The van der Waals surface area contributed by atoms with Crippen LogP contribution in [-0.4, -0.2) is 70.3 Å². The van der Waals surface area contributed by atoms with Crippen molar-refractivity contribution in [1.29, 1.82) is 0 Å². The summed E-state index contributed by atoms with van der Waals surface area (Å²) in [7, 11) is 0. The molecule has 0 spiro atoms. The van der Waals surface area contributed by atoms with Crippen molar-refractivity contribution in [3.63, 3.8) is 0 Å². The number of amides is 3. The number of anilines is 1. The van der Waals surface area contributed by atoms with Gasteiger partial charge in [0.2, 0.25) is 5.91 Å². The second-order valence-corrected chi connectivity index (χ2v) is 7.75. The standard InChI is InChI=1S/C16H20N4O2S2/c21-14(12-24-16-17-6-11-23-16)19-7-9-20(10-8-19)15(22)18-13-4-2-1-3-5-13/h1-5H,6-12H2,(H,18,22). The van der Waals surface area contributed by atoms with Gasteiger partial charge in [-0.15, -0.1) is 0 Å². The molecule has 0 radical (unpaired) electrons. The van der Waals surface area contributed by atoms with Crippen LogP contribution in [0.3, 0.4) is 0 Å². The summed E-state index contributed by atoms with van der Waals surface area (Å²) in [5.41, 5.74) is 0.784. The monoisotopic (exact) mass is 364 g/mol. The summed E-state index contributed by atoms with van der Waals surface area (Å²) >= 11 is 3.24. The maximum Gasteiger partial charge on any atom is 0.321 e.